The van der Waals surface area contributed by atoms with Crippen LogP contribution in [-0.2, 0) is 4.74 Å². The molecule has 3 N–H and O–H groups in total. The van der Waals surface area contributed by atoms with Gasteiger partial charge in [-0.1, -0.05) is 0 Å². The lowest BCUT2D eigenvalue weighted by molar-refractivity contribution is -0.0920. The number of aliphatic imine (C=N–C) groups is 1. The number of fused-ring (bicyclic) bond motifs is 1. The van der Waals surface area contributed by atoms with Crippen LogP contribution in [0.5, 0.6) is 0 Å². The second-order valence-corrected chi connectivity index (χ2v) is 7.81. The molecule has 4 rings (SSSR count). The van der Waals surface area contributed by atoms with E-state index in [-0.39, 0.29) is 17.1 Å². The lowest BCUT2D eigenvalue weighted by atomic mass is 9.95. The first-order valence-electron chi connectivity index (χ1n) is 9.09. The lowest BCUT2D eigenvalue weighted by Crippen LogP contribution is -2.41. The highest BCUT2D eigenvalue weighted by molar-refractivity contribution is 7.20. The smallest absolute Gasteiger partial charge is 0.346 e. The molecule has 0 amide bonds. The maximum atomic E-state index is 11.5. The monoisotopic (exact) mass is 403 g/mol. The number of carboxylic acid groups (broad SMARTS) is 1. The number of ether oxygens (including phenoxy) is 1. The Morgan fingerprint density at radius 3 is 2.86 bits per heavy atom. The highest BCUT2D eigenvalue weighted by Gasteiger charge is 2.27. The van der Waals surface area contributed by atoms with Crippen LogP contribution < -0.4 is 5.43 Å². The van der Waals surface area contributed by atoms with Crippen molar-refractivity contribution in [2.75, 3.05) is 5.43 Å². The van der Waals surface area contributed by atoms with E-state index < -0.39 is 12.3 Å². The number of hydrogen-bond acceptors (Lipinski definition) is 9. The van der Waals surface area contributed by atoms with Crippen molar-refractivity contribution in [3.8, 4) is 0 Å². The fourth-order valence-electron chi connectivity index (χ4n) is 3.43. The maximum absolute atomic E-state index is 11.5. The molecule has 1 saturated carbocycles. The van der Waals surface area contributed by atoms with Crippen molar-refractivity contribution in [2.45, 2.75) is 51.2 Å². The molecule has 0 radical (unpaired) electrons. The number of thiophene rings is 1. The number of aliphatic hydroxyl groups excluding tert-OH is 1. The average molecular weight is 403 g/mol. The minimum atomic E-state index is -0.977. The molecule has 2 aromatic heterocycles. The maximum Gasteiger partial charge on any atom is 0.346 e. The quantitative estimate of drug-likeness (QED) is 0.697. The fourth-order valence-corrected chi connectivity index (χ4v) is 4.42. The summed E-state index contributed by atoms with van der Waals surface area (Å²) >= 11 is 1.13. The van der Waals surface area contributed by atoms with Gasteiger partial charge in [0.05, 0.1) is 17.6 Å². The van der Waals surface area contributed by atoms with Gasteiger partial charge in [-0.2, -0.15) is 0 Å². The molecule has 1 aliphatic heterocycles. The Bertz CT molecular complexity index is 935. The zero-order valence-electron chi connectivity index (χ0n) is 15.3. The van der Waals surface area contributed by atoms with Crippen LogP contribution in [0.25, 0.3) is 10.2 Å². The molecule has 2 aromatic rings. The Labute approximate surface area is 165 Å². The van der Waals surface area contributed by atoms with Gasteiger partial charge in [-0.25, -0.2) is 24.8 Å². The zero-order valence-corrected chi connectivity index (χ0v) is 16.1. The highest BCUT2D eigenvalue weighted by atomic mass is 32.1. The summed E-state index contributed by atoms with van der Waals surface area (Å²) in [5, 5.41) is 21.4. The molecule has 28 heavy (non-hydrogen) atoms. The predicted octanol–water partition coefficient (Wildman–Crippen LogP) is 2.53. The van der Waals surface area contributed by atoms with Crippen LogP contribution in [0.3, 0.4) is 0 Å². The number of hydrazine groups is 1. The Balaban J connectivity index is 1.56. The summed E-state index contributed by atoms with van der Waals surface area (Å²) in [6.45, 7) is 1.75. The first-order chi connectivity index (χ1) is 13.5. The van der Waals surface area contributed by atoms with Crippen molar-refractivity contribution in [3.05, 3.63) is 29.0 Å². The normalized spacial score (nSPS) is 24.6. The summed E-state index contributed by atoms with van der Waals surface area (Å²) < 4.78 is 6.12. The number of carbonyl (C=O) groups is 1. The molecule has 0 aromatic carbocycles. The molecule has 0 saturated heterocycles. The fraction of sp³-hybridized carbons (Fsp3) is 0.444. The van der Waals surface area contributed by atoms with E-state index in [4.69, 9.17) is 4.74 Å². The number of allylic oxidation sites excluding steroid dienone is 1. The van der Waals surface area contributed by atoms with Gasteiger partial charge < -0.3 is 14.9 Å². The number of aliphatic hydroxyl groups is 1. The minimum Gasteiger partial charge on any atom is -0.477 e. The van der Waals surface area contributed by atoms with Crippen LogP contribution in [0.2, 0.25) is 0 Å². The molecule has 148 valence electrons. The third kappa shape index (κ3) is 3.71. The molecule has 9 nitrogen and oxygen atoms in total. The first-order valence-corrected chi connectivity index (χ1v) is 9.90. The van der Waals surface area contributed by atoms with E-state index in [2.05, 4.69) is 20.4 Å². The lowest BCUT2D eigenvalue weighted by Gasteiger charge is -2.34. The van der Waals surface area contributed by atoms with Crippen LogP contribution >= 0.6 is 11.3 Å². The number of carboxylic acids is 1. The minimum absolute atomic E-state index is 0.0215. The van der Waals surface area contributed by atoms with Crippen molar-refractivity contribution in [1.29, 1.82) is 0 Å². The molecule has 1 atom stereocenters. The van der Waals surface area contributed by atoms with E-state index in [9.17, 15) is 15.0 Å². The number of aryl methyl sites for hydroxylation is 1. The molecule has 1 fully saturated rings. The number of anilines is 1. The molecule has 0 bridgehead atoms. The average Bonchev–Trinajstić information content (AvgIpc) is 3.03. The standard InChI is InChI=1S/C18H21N5O4S/c1-10-13-15(20-9-21-16(13)28-14(10)17(25)26)22-23-8-2-7-19-18(23)27-12-5-3-11(24)4-6-12/h2,7-9,11-12,18,24H,3-6H2,1H3,(H,25,26)(H,20,21,22). The summed E-state index contributed by atoms with van der Waals surface area (Å²) in [5.74, 6) is -0.477. The van der Waals surface area contributed by atoms with Gasteiger partial charge in [0.1, 0.15) is 16.0 Å². The van der Waals surface area contributed by atoms with Gasteiger partial charge >= 0.3 is 5.97 Å². The van der Waals surface area contributed by atoms with E-state index in [0.717, 1.165) is 37.0 Å². The number of aromatic carboxylic acids is 1. The van der Waals surface area contributed by atoms with Gasteiger partial charge in [-0.15, -0.1) is 11.3 Å². The van der Waals surface area contributed by atoms with Crippen LogP contribution in [0.4, 0.5) is 5.82 Å². The van der Waals surface area contributed by atoms with Gasteiger partial charge in [0.15, 0.2) is 5.82 Å². The highest BCUT2D eigenvalue weighted by Crippen LogP contribution is 2.34. The van der Waals surface area contributed by atoms with Crippen LogP contribution in [0.15, 0.2) is 23.6 Å². The number of rotatable bonds is 5. The Morgan fingerprint density at radius 1 is 1.32 bits per heavy atom. The SMILES string of the molecule is Cc1c(C(=O)O)sc2ncnc(NN3C=CC=NC3OC3CCC(O)CC3)c12. The van der Waals surface area contributed by atoms with Gasteiger partial charge in [0, 0.05) is 12.4 Å². The third-order valence-electron chi connectivity index (χ3n) is 4.90. The molecule has 10 heteroatoms. The van der Waals surface area contributed by atoms with E-state index in [1.807, 2.05) is 0 Å². The Morgan fingerprint density at radius 2 is 2.11 bits per heavy atom. The molecular weight excluding hydrogens is 382 g/mol. The molecule has 1 aliphatic carbocycles. The summed E-state index contributed by atoms with van der Waals surface area (Å²) in [6.07, 6.45) is 8.87. The van der Waals surface area contributed by atoms with Crippen LogP contribution in [-0.4, -0.2) is 55.9 Å². The van der Waals surface area contributed by atoms with Crippen LogP contribution in [0.1, 0.15) is 40.9 Å². The largest absolute Gasteiger partial charge is 0.477 e. The number of nitrogens with zero attached hydrogens (tertiary/aromatic N) is 4. The molecule has 1 unspecified atom stereocenters. The Kier molecular flexibility index (Phi) is 5.25. The Hall–Kier alpha value is -2.56. The molecule has 0 spiro atoms. The zero-order chi connectivity index (χ0) is 19.7. The summed E-state index contributed by atoms with van der Waals surface area (Å²) in [5.41, 5.74) is 3.81. The second kappa shape index (κ2) is 7.82. The van der Waals surface area contributed by atoms with E-state index in [1.54, 1.807) is 30.4 Å². The number of nitrogens with one attached hydrogen (secondary N) is 1. The van der Waals surface area contributed by atoms with E-state index in [1.165, 1.54) is 6.33 Å². The van der Waals surface area contributed by atoms with Gasteiger partial charge in [-0.05, 0) is 44.2 Å². The second-order valence-electron chi connectivity index (χ2n) is 6.82. The molecule has 3 heterocycles. The number of hydrogen-bond donors (Lipinski definition) is 3. The van der Waals surface area contributed by atoms with Crippen molar-refractivity contribution < 1.29 is 19.7 Å². The van der Waals surface area contributed by atoms with Gasteiger partial charge in [0.25, 0.3) is 0 Å². The van der Waals surface area contributed by atoms with Gasteiger partial charge in [0.2, 0.25) is 6.35 Å². The summed E-state index contributed by atoms with van der Waals surface area (Å²) in [4.78, 5) is 25.2. The van der Waals surface area contributed by atoms with Crippen molar-refractivity contribution in [3.63, 3.8) is 0 Å². The topological polar surface area (TPSA) is 120 Å². The number of aromatic nitrogens is 2. The summed E-state index contributed by atoms with van der Waals surface area (Å²) in [7, 11) is 0. The molecule has 2 aliphatic rings. The summed E-state index contributed by atoms with van der Waals surface area (Å²) in [6, 6.07) is 0. The van der Waals surface area contributed by atoms with Crippen LogP contribution in [0, 0.1) is 6.92 Å². The van der Waals surface area contributed by atoms with E-state index >= 15 is 0 Å². The van der Waals surface area contributed by atoms with Gasteiger partial charge in [-0.3, -0.25) is 5.43 Å². The first kappa shape index (κ1) is 18.8. The third-order valence-corrected chi connectivity index (χ3v) is 6.09. The van der Waals surface area contributed by atoms with Crippen molar-refractivity contribution >= 4 is 39.6 Å². The van der Waals surface area contributed by atoms with Crippen molar-refractivity contribution in [2.24, 2.45) is 4.99 Å². The molecular formula is C18H21N5O4S. The van der Waals surface area contributed by atoms with Crippen molar-refractivity contribution in [1.82, 2.24) is 15.0 Å². The predicted molar refractivity (Wildman–Crippen MR) is 105 cm³/mol. The van der Waals surface area contributed by atoms with E-state index in [0.29, 0.717) is 21.6 Å².